The average molecular weight is 971 g/mol. The molecule has 0 N–H and O–H groups in total. The van der Waals surface area contributed by atoms with Crippen molar-refractivity contribution in [2.45, 2.75) is 44.2 Å². The first kappa shape index (κ1) is 39.8. The molecule has 8 heteroatoms. The summed E-state index contributed by atoms with van der Waals surface area (Å²) in [6, 6.07) is 55.9. The number of imidazole rings is 1. The molecule has 1 atom stereocenters. The Labute approximate surface area is 369 Å². The Bertz CT molecular complexity index is 2910. The molecular formula is C53H42IrN6O-2. The Morgan fingerprint density at radius 2 is 1.39 bits per heavy atom. The van der Waals surface area contributed by atoms with Gasteiger partial charge in [-0.05, 0) is 36.5 Å². The van der Waals surface area contributed by atoms with E-state index < -0.39 is 0 Å². The summed E-state index contributed by atoms with van der Waals surface area (Å²) in [5.41, 5.74) is 11.6. The number of fused-ring (bicyclic) bond motifs is 3. The van der Waals surface area contributed by atoms with Crippen LogP contribution in [0.2, 0.25) is 0 Å². The van der Waals surface area contributed by atoms with Gasteiger partial charge in [-0.3, -0.25) is 15.0 Å². The summed E-state index contributed by atoms with van der Waals surface area (Å²) in [7, 11) is 1.97. The van der Waals surface area contributed by atoms with Gasteiger partial charge in [0.1, 0.15) is 11.7 Å². The van der Waals surface area contributed by atoms with Crippen LogP contribution in [-0.2, 0) is 27.2 Å². The van der Waals surface area contributed by atoms with E-state index in [2.05, 4.69) is 76.7 Å². The van der Waals surface area contributed by atoms with E-state index in [-0.39, 0.29) is 26.3 Å². The molecule has 11 rings (SSSR count). The second-order valence-electron chi connectivity index (χ2n) is 15.4. The molecule has 0 spiro atoms. The smallest absolute Gasteiger partial charge is 0.160 e. The van der Waals surface area contributed by atoms with Gasteiger partial charge in [0.2, 0.25) is 0 Å². The molecule has 0 amide bonds. The summed E-state index contributed by atoms with van der Waals surface area (Å²) < 4.78 is 8.57. The minimum absolute atomic E-state index is 0. The third-order valence-electron chi connectivity index (χ3n) is 11.5. The third-order valence-corrected chi connectivity index (χ3v) is 11.5. The van der Waals surface area contributed by atoms with Gasteiger partial charge in [-0.15, -0.1) is 23.8 Å². The molecule has 1 fully saturated rings. The van der Waals surface area contributed by atoms with Gasteiger partial charge in [-0.1, -0.05) is 127 Å². The molecule has 9 aromatic rings. The molecule has 7 nitrogen and oxygen atoms in total. The summed E-state index contributed by atoms with van der Waals surface area (Å²) in [6.45, 7) is 0. The molecule has 4 heterocycles. The number of nitrogens with zero attached hydrogens (tertiary/aromatic N) is 6. The number of hydrogen-bond donors (Lipinski definition) is 0. The van der Waals surface area contributed by atoms with E-state index in [9.17, 15) is 0 Å². The Morgan fingerprint density at radius 3 is 2.13 bits per heavy atom. The van der Waals surface area contributed by atoms with Crippen LogP contribution in [0.4, 0.5) is 0 Å². The van der Waals surface area contributed by atoms with Crippen molar-refractivity contribution >= 4 is 33.9 Å². The van der Waals surface area contributed by atoms with Gasteiger partial charge in [0.15, 0.2) is 5.82 Å². The molecule has 301 valence electrons. The zero-order valence-electron chi connectivity index (χ0n) is 33.7. The number of aromatic nitrogens is 4. The predicted molar refractivity (Wildman–Crippen MR) is 242 cm³/mol. The van der Waals surface area contributed by atoms with Gasteiger partial charge in [0.05, 0.1) is 34.7 Å². The maximum atomic E-state index is 6.59. The number of rotatable bonds is 7. The molecule has 1 aliphatic heterocycles. The van der Waals surface area contributed by atoms with Crippen LogP contribution in [0, 0.1) is 12.1 Å². The molecule has 2 aliphatic rings. The molecule has 1 unspecified atom stereocenters. The van der Waals surface area contributed by atoms with Crippen molar-refractivity contribution in [1.82, 2.24) is 19.5 Å². The monoisotopic (exact) mass is 971 g/mol. The van der Waals surface area contributed by atoms with Crippen LogP contribution in [0.3, 0.4) is 0 Å². The van der Waals surface area contributed by atoms with Gasteiger partial charge in [-0.25, -0.2) is 9.97 Å². The van der Waals surface area contributed by atoms with Crippen LogP contribution in [0.1, 0.15) is 60.9 Å². The zero-order valence-corrected chi connectivity index (χ0v) is 36.1. The van der Waals surface area contributed by atoms with Crippen LogP contribution in [0.25, 0.3) is 67.2 Å². The number of benzene rings is 6. The van der Waals surface area contributed by atoms with E-state index in [0.29, 0.717) is 5.82 Å². The van der Waals surface area contributed by atoms with Gasteiger partial charge < -0.3 is 8.98 Å². The summed E-state index contributed by atoms with van der Waals surface area (Å²) in [5, 5.41) is 2.05. The SMILES string of the molecule is Cn1ccnc1-c1[c-]ccc2c1oc1c(-c3cc(-c4ccccc4)nc(-c4ccccc4)n3)cccc12.[Ir].[c-]1ccccc1C1N=CC(c2ccc(C3CCCCC3)cc2)=N1. The van der Waals surface area contributed by atoms with E-state index in [0.717, 1.165) is 84.2 Å². The molecule has 3 aromatic heterocycles. The fraction of sp³-hybridized carbons (Fsp3) is 0.151. The Morgan fingerprint density at radius 1 is 0.656 bits per heavy atom. The van der Waals surface area contributed by atoms with Crippen LogP contribution in [0.15, 0.2) is 172 Å². The van der Waals surface area contributed by atoms with Crippen LogP contribution >= 0.6 is 0 Å². The molecule has 0 saturated heterocycles. The number of para-hydroxylation sites is 1. The van der Waals surface area contributed by atoms with Crippen molar-refractivity contribution in [3.05, 3.63) is 187 Å². The topological polar surface area (TPSA) is 81.5 Å². The average Bonchev–Trinajstić information content (AvgIpc) is 4.09. The zero-order chi connectivity index (χ0) is 40.3. The first-order valence-corrected chi connectivity index (χ1v) is 20.7. The molecule has 1 saturated carbocycles. The molecule has 61 heavy (non-hydrogen) atoms. The molecule has 1 radical (unpaired) electrons. The first-order valence-electron chi connectivity index (χ1n) is 20.7. The Hall–Kier alpha value is -6.60. The molecule has 1 aliphatic carbocycles. The first-order chi connectivity index (χ1) is 29.7. The van der Waals surface area contributed by atoms with E-state index in [4.69, 9.17) is 19.4 Å². The third kappa shape index (κ3) is 8.30. The maximum absolute atomic E-state index is 6.59. The van der Waals surface area contributed by atoms with E-state index in [1.807, 2.05) is 115 Å². The van der Waals surface area contributed by atoms with Gasteiger partial charge in [0.25, 0.3) is 0 Å². The summed E-state index contributed by atoms with van der Waals surface area (Å²) in [6.07, 6.45) is 12.3. The number of aryl methyl sites for hydroxylation is 1. The van der Waals surface area contributed by atoms with Crippen molar-refractivity contribution in [2.75, 3.05) is 0 Å². The van der Waals surface area contributed by atoms with Crippen LogP contribution < -0.4 is 0 Å². The summed E-state index contributed by atoms with van der Waals surface area (Å²) in [4.78, 5) is 23.7. The molecule has 0 bridgehead atoms. The van der Waals surface area contributed by atoms with E-state index >= 15 is 0 Å². The normalized spacial score (nSPS) is 15.0. The minimum Gasteiger partial charge on any atom is -0.500 e. The van der Waals surface area contributed by atoms with E-state index in [1.165, 1.54) is 37.7 Å². The van der Waals surface area contributed by atoms with Crippen molar-refractivity contribution in [3.8, 4) is 45.3 Å². The van der Waals surface area contributed by atoms with Gasteiger partial charge in [0, 0.05) is 67.2 Å². The van der Waals surface area contributed by atoms with Gasteiger partial charge in [-0.2, -0.15) is 30.3 Å². The minimum atomic E-state index is -0.135. The predicted octanol–water partition coefficient (Wildman–Crippen LogP) is 12.7. The molecule has 6 aromatic carbocycles. The standard InChI is InChI=1S/C32H21N4O.C21H21N2.Ir/c1-36-19-18-33-32(36)26-17-9-15-24-23-14-8-16-25(29(23)37-30(24)26)28-20-27(21-10-4-2-5-11-21)34-31(35-28)22-12-6-3-7-13-22;1-3-7-16(8-4-1)17-11-13-18(14-12-17)20-15-22-21(23-20)19-9-5-2-6-10-19;/h2-16,18-20H,1H3;2,5-6,9,11-16,21H,1,3-4,7-8H2;/q2*-1;. The Balaban J connectivity index is 0.000000171. The number of hydrogen-bond acceptors (Lipinski definition) is 6. The van der Waals surface area contributed by atoms with Crippen molar-refractivity contribution in [3.63, 3.8) is 0 Å². The maximum Gasteiger partial charge on any atom is 0.160 e. The molecular weight excluding hydrogens is 929 g/mol. The summed E-state index contributed by atoms with van der Waals surface area (Å²) in [5.74, 6) is 2.24. The van der Waals surface area contributed by atoms with Crippen molar-refractivity contribution in [2.24, 2.45) is 17.0 Å². The van der Waals surface area contributed by atoms with E-state index in [1.54, 1.807) is 6.20 Å². The second kappa shape index (κ2) is 17.9. The largest absolute Gasteiger partial charge is 0.500 e. The summed E-state index contributed by atoms with van der Waals surface area (Å²) >= 11 is 0. The van der Waals surface area contributed by atoms with Gasteiger partial charge >= 0.3 is 0 Å². The van der Waals surface area contributed by atoms with Crippen LogP contribution in [0.5, 0.6) is 0 Å². The fourth-order valence-corrected chi connectivity index (χ4v) is 8.36. The quantitative estimate of drug-likeness (QED) is 0.149. The Kier molecular flexibility index (Phi) is 11.7. The van der Waals surface area contributed by atoms with Crippen LogP contribution in [-0.4, -0.2) is 31.4 Å². The fourth-order valence-electron chi connectivity index (χ4n) is 8.36. The second-order valence-corrected chi connectivity index (χ2v) is 15.4. The number of furan rings is 1. The number of aliphatic imine (C=N–C) groups is 2. The van der Waals surface area contributed by atoms with Crippen molar-refractivity contribution in [1.29, 1.82) is 0 Å². The van der Waals surface area contributed by atoms with Crippen molar-refractivity contribution < 1.29 is 24.5 Å².